The number of aromatic nitrogens is 2. The van der Waals surface area contributed by atoms with Crippen molar-refractivity contribution in [1.29, 1.82) is 0 Å². The summed E-state index contributed by atoms with van der Waals surface area (Å²) in [5, 5.41) is 13.5. The van der Waals surface area contributed by atoms with E-state index in [1.807, 2.05) is 0 Å². The van der Waals surface area contributed by atoms with Crippen LogP contribution >= 0.6 is 11.6 Å². The van der Waals surface area contributed by atoms with Gasteiger partial charge in [0.1, 0.15) is 12.5 Å². The molecule has 0 amide bonds. The van der Waals surface area contributed by atoms with E-state index < -0.39 is 54.4 Å². The molecule has 2 atom stereocenters. The average molecular weight is 437 g/mol. The monoisotopic (exact) mass is 436 g/mol. The quantitative estimate of drug-likeness (QED) is 0.580. The average Bonchev–Trinajstić information content (AvgIpc) is 2.69. The normalized spacial score (nSPS) is 12.9. The van der Waals surface area contributed by atoms with Crippen LogP contribution in [0.5, 0.6) is 0 Å². The molecule has 0 aliphatic rings. The van der Waals surface area contributed by atoms with Gasteiger partial charge in [-0.25, -0.2) is 9.07 Å². The lowest BCUT2D eigenvalue weighted by atomic mass is 9.85. The first-order valence-electron chi connectivity index (χ1n) is 9.40. The van der Waals surface area contributed by atoms with Crippen molar-refractivity contribution in [3.05, 3.63) is 63.0 Å². The number of carbonyl (C=O) groups is 3. The number of ketones is 2. The summed E-state index contributed by atoms with van der Waals surface area (Å²) in [6.07, 6.45) is 0.585. The molecule has 160 valence electrons. The van der Waals surface area contributed by atoms with Gasteiger partial charge in [0.25, 0.3) is 5.56 Å². The number of benzene rings is 1. The van der Waals surface area contributed by atoms with Crippen LogP contribution in [0.15, 0.2) is 41.3 Å². The summed E-state index contributed by atoms with van der Waals surface area (Å²) in [7, 11) is 0. The topological polar surface area (TPSA) is 106 Å². The number of carbonyl (C=O) groups excluding carboxylic acids is 2. The van der Waals surface area contributed by atoms with E-state index in [4.69, 9.17) is 16.7 Å². The fourth-order valence-corrected chi connectivity index (χ4v) is 3.49. The standard InChI is InChI=1S/C21H22ClFN2O5/c1-2-16(18(26)9-14(10-20(28)29)19(27)11-23)17-6-7-24-25(21(17)30)12-13-4-3-5-15(22)8-13/h3-8,14,16H,2,9-12H2,1H3,(H,28,29). The highest BCUT2D eigenvalue weighted by Crippen LogP contribution is 2.23. The lowest BCUT2D eigenvalue weighted by molar-refractivity contribution is -0.141. The highest BCUT2D eigenvalue weighted by atomic mass is 35.5. The summed E-state index contributed by atoms with van der Waals surface area (Å²) in [6, 6.07) is 8.37. The number of hydrogen-bond donors (Lipinski definition) is 1. The first-order chi connectivity index (χ1) is 14.3. The molecule has 1 N–H and O–H groups in total. The second-order valence-electron chi connectivity index (χ2n) is 6.91. The van der Waals surface area contributed by atoms with Crippen LogP contribution in [0, 0.1) is 5.92 Å². The van der Waals surface area contributed by atoms with Crippen molar-refractivity contribution in [3.63, 3.8) is 0 Å². The number of halogens is 2. The van der Waals surface area contributed by atoms with E-state index in [1.165, 1.54) is 16.9 Å². The second kappa shape index (κ2) is 10.8. The molecule has 7 nitrogen and oxygen atoms in total. The summed E-state index contributed by atoms with van der Waals surface area (Å²) < 4.78 is 14.0. The molecule has 1 heterocycles. The summed E-state index contributed by atoms with van der Waals surface area (Å²) in [5.41, 5.74) is 0.481. The molecule has 0 spiro atoms. The fraction of sp³-hybridized carbons (Fsp3) is 0.381. The van der Waals surface area contributed by atoms with E-state index in [0.717, 1.165) is 5.56 Å². The molecule has 30 heavy (non-hydrogen) atoms. The zero-order chi connectivity index (χ0) is 22.3. The Morgan fingerprint density at radius 2 is 1.93 bits per heavy atom. The van der Waals surface area contributed by atoms with Crippen LogP contribution in [0.25, 0.3) is 0 Å². The van der Waals surface area contributed by atoms with Crippen LogP contribution in [0.4, 0.5) is 4.39 Å². The van der Waals surface area contributed by atoms with E-state index in [1.54, 1.807) is 31.2 Å². The zero-order valence-electron chi connectivity index (χ0n) is 16.4. The number of nitrogens with zero attached hydrogens (tertiary/aromatic N) is 2. The molecular weight excluding hydrogens is 415 g/mol. The number of alkyl halides is 1. The van der Waals surface area contributed by atoms with Crippen molar-refractivity contribution in [2.45, 2.75) is 38.6 Å². The van der Waals surface area contributed by atoms with E-state index in [0.29, 0.717) is 5.02 Å². The summed E-state index contributed by atoms with van der Waals surface area (Å²) >= 11 is 5.97. The lowest BCUT2D eigenvalue weighted by Crippen LogP contribution is -2.31. The van der Waals surface area contributed by atoms with Crippen molar-refractivity contribution < 1.29 is 23.9 Å². The molecule has 1 aromatic carbocycles. The van der Waals surface area contributed by atoms with Crippen LogP contribution in [0.1, 0.15) is 43.2 Å². The van der Waals surface area contributed by atoms with E-state index in [-0.39, 0.29) is 18.5 Å². The highest BCUT2D eigenvalue weighted by Gasteiger charge is 2.29. The van der Waals surface area contributed by atoms with Crippen LogP contribution in [-0.4, -0.2) is 39.1 Å². The minimum Gasteiger partial charge on any atom is -0.481 e. The number of hydrogen-bond acceptors (Lipinski definition) is 5. The zero-order valence-corrected chi connectivity index (χ0v) is 17.1. The molecule has 2 aromatic rings. The minimum absolute atomic E-state index is 0.153. The molecule has 0 bridgehead atoms. The van der Waals surface area contributed by atoms with Gasteiger partial charge < -0.3 is 5.11 Å². The van der Waals surface area contributed by atoms with Gasteiger partial charge in [-0.3, -0.25) is 19.2 Å². The van der Waals surface area contributed by atoms with Gasteiger partial charge in [0, 0.05) is 35.0 Å². The maximum absolute atomic E-state index is 12.9. The summed E-state index contributed by atoms with van der Waals surface area (Å²) in [4.78, 5) is 48.4. The molecule has 0 aliphatic heterocycles. The van der Waals surface area contributed by atoms with E-state index >= 15 is 0 Å². The maximum Gasteiger partial charge on any atom is 0.304 e. The Labute approximate surface area is 177 Å². The van der Waals surface area contributed by atoms with Gasteiger partial charge in [-0.15, -0.1) is 0 Å². The van der Waals surface area contributed by atoms with E-state index in [9.17, 15) is 23.6 Å². The van der Waals surface area contributed by atoms with Crippen LogP contribution in [0.2, 0.25) is 5.02 Å². The Morgan fingerprint density at radius 1 is 1.20 bits per heavy atom. The lowest BCUT2D eigenvalue weighted by Gasteiger charge is -2.18. The molecule has 0 radical (unpaired) electrons. The van der Waals surface area contributed by atoms with Crippen LogP contribution in [0.3, 0.4) is 0 Å². The smallest absolute Gasteiger partial charge is 0.304 e. The Bertz CT molecular complexity index is 991. The maximum atomic E-state index is 12.9. The summed E-state index contributed by atoms with van der Waals surface area (Å²) in [5.74, 6) is -4.83. The number of carboxylic acids is 1. The third-order valence-corrected chi connectivity index (χ3v) is 5.03. The molecule has 9 heteroatoms. The van der Waals surface area contributed by atoms with Crippen molar-refractivity contribution in [3.8, 4) is 0 Å². The van der Waals surface area contributed by atoms with E-state index in [2.05, 4.69) is 5.10 Å². The first kappa shape index (κ1) is 23.4. The predicted octanol–water partition coefficient (Wildman–Crippen LogP) is 3.03. The van der Waals surface area contributed by atoms with Crippen LogP contribution < -0.4 is 5.56 Å². The van der Waals surface area contributed by atoms with Gasteiger partial charge in [-0.05, 0) is 30.2 Å². The third kappa shape index (κ3) is 6.06. The molecule has 1 aromatic heterocycles. The molecule has 0 saturated heterocycles. The van der Waals surface area contributed by atoms with Gasteiger partial charge in [-0.2, -0.15) is 5.10 Å². The molecule has 0 fully saturated rings. The number of rotatable bonds is 11. The molecular formula is C21H22ClFN2O5. The fourth-order valence-electron chi connectivity index (χ4n) is 3.28. The minimum atomic E-state index is -1.34. The van der Waals surface area contributed by atoms with Gasteiger partial charge in [0.15, 0.2) is 5.78 Å². The first-order valence-corrected chi connectivity index (χ1v) is 9.78. The Balaban J connectivity index is 2.29. The van der Waals surface area contributed by atoms with Crippen molar-refractivity contribution in [2.75, 3.05) is 6.67 Å². The predicted molar refractivity (Wildman–Crippen MR) is 108 cm³/mol. The van der Waals surface area contributed by atoms with Gasteiger partial charge in [0.05, 0.1) is 13.0 Å². The molecule has 2 unspecified atom stereocenters. The Kier molecular flexibility index (Phi) is 8.41. The van der Waals surface area contributed by atoms with Gasteiger partial charge in [0.2, 0.25) is 0 Å². The van der Waals surface area contributed by atoms with Crippen molar-refractivity contribution >= 4 is 29.1 Å². The van der Waals surface area contributed by atoms with Crippen molar-refractivity contribution in [2.24, 2.45) is 5.92 Å². The second-order valence-corrected chi connectivity index (χ2v) is 7.34. The highest BCUT2D eigenvalue weighted by molar-refractivity contribution is 6.30. The molecule has 0 aliphatic carbocycles. The van der Waals surface area contributed by atoms with Gasteiger partial charge >= 0.3 is 5.97 Å². The largest absolute Gasteiger partial charge is 0.481 e. The Hall–Kier alpha value is -2.87. The van der Waals surface area contributed by atoms with Crippen molar-refractivity contribution in [1.82, 2.24) is 9.78 Å². The Morgan fingerprint density at radius 3 is 2.53 bits per heavy atom. The number of carboxylic acid groups (broad SMARTS) is 1. The van der Waals surface area contributed by atoms with Gasteiger partial charge in [-0.1, -0.05) is 30.7 Å². The molecule has 0 saturated carbocycles. The molecule has 2 rings (SSSR count). The number of Topliss-reactive ketones (excluding diaryl/α,β-unsaturated/α-hetero) is 2. The van der Waals surface area contributed by atoms with Crippen LogP contribution in [-0.2, 0) is 20.9 Å². The third-order valence-electron chi connectivity index (χ3n) is 4.79. The number of aliphatic carboxylic acids is 1. The summed E-state index contributed by atoms with van der Waals surface area (Å²) in [6.45, 7) is 0.510. The SMILES string of the molecule is CCC(C(=O)CC(CC(=O)O)C(=O)CF)c1ccnn(Cc2cccc(Cl)c2)c1=O.